The number of nitrogens with zero attached hydrogens (tertiary/aromatic N) is 4. The number of rotatable bonds is 7. The molecule has 0 amide bonds. The molecule has 44 heavy (non-hydrogen) atoms. The standard InChI is InChI=1S/C32H35N5O5S2/c1-21-7-9-22(10-8-21)44(38,39)42-20-31(2)11-12-32(3,41-19-31)27-17-26-28(43-27)30(37-13-15-40-16-14-37)35-29(34-26)23-5-4-6-25-24(23)18-33-36-25/h4-10,17-18H,11-16,19-20H2,1-3H3,(H,33,36). The zero-order chi connectivity index (χ0) is 30.5. The quantitative estimate of drug-likeness (QED) is 0.221. The van der Waals surface area contributed by atoms with E-state index >= 15 is 0 Å². The predicted molar refractivity (Wildman–Crippen MR) is 170 cm³/mol. The molecule has 2 aliphatic heterocycles. The zero-order valence-electron chi connectivity index (χ0n) is 25.0. The first kappa shape index (κ1) is 29.3. The molecular weight excluding hydrogens is 599 g/mol. The number of H-pyrrole nitrogens is 1. The smallest absolute Gasteiger partial charge is 0.296 e. The summed E-state index contributed by atoms with van der Waals surface area (Å²) < 4.78 is 44.4. The maximum absolute atomic E-state index is 12.8. The monoisotopic (exact) mass is 633 g/mol. The molecule has 3 aromatic heterocycles. The second-order valence-electron chi connectivity index (χ2n) is 12.3. The second-order valence-corrected chi connectivity index (χ2v) is 15.0. The van der Waals surface area contributed by atoms with Gasteiger partial charge in [-0.2, -0.15) is 13.5 Å². The van der Waals surface area contributed by atoms with E-state index in [9.17, 15) is 8.42 Å². The van der Waals surface area contributed by atoms with Crippen molar-refractivity contribution in [1.82, 2.24) is 20.2 Å². The molecule has 2 aromatic carbocycles. The van der Waals surface area contributed by atoms with E-state index in [1.54, 1.807) is 35.6 Å². The van der Waals surface area contributed by atoms with Crippen LogP contribution in [0.3, 0.4) is 0 Å². The first-order chi connectivity index (χ1) is 21.1. The Morgan fingerprint density at radius 2 is 1.86 bits per heavy atom. The molecule has 0 radical (unpaired) electrons. The van der Waals surface area contributed by atoms with Crippen LogP contribution in [0.15, 0.2) is 59.6 Å². The summed E-state index contributed by atoms with van der Waals surface area (Å²) in [7, 11) is -3.85. The molecule has 0 bridgehead atoms. The van der Waals surface area contributed by atoms with Gasteiger partial charge in [0.05, 0.1) is 58.9 Å². The summed E-state index contributed by atoms with van der Waals surface area (Å²) in [6.45, 7) is 9.29. The number of benzene rings is 2. The SMILES string of the molecule is Cc1ccc(S(=O)(=O)OCC2(C)CCC(C)(c3cc4nc(-c5cccc6[nH]ncc56)nc(N5CCOCC5)c4s3)OC2)cc1. The number of aromatic amines is 1. The van der Waals surface area contributed by atoms with E-state index in [2.05, 4.69) is 28.1 Å². The molecule has 2 saturated heterocycles. The van der Waals surface area contributed by atoms with Crippen molar-refractivity contribution in [2.24, 2.45) is 5.41 Å². The average Bonchev–Trinajstić information content (AvgIpc) is 3.70. The Kier molecular flexibility index (Phi) is 7.45. The molecule has 0 saturated carbocycles. The Bertz CT molecular complexity index is 1920. The minimum Gasteiger partial charge on any atom is -0.378 e. The van der Waals surface area contributed by atoms with Crippen LogP contribution in [-0.4, -0.2) is 68.1 Å². The lowest BCUT2D eigenvalue weighted by Crippen LogP contribution is -2.42. The Labute approximate surface area is 260 Å². The highest BCUT2D eigenvalue weighted by Crippen LogP contribution is 2.47. The largest absolute Gasteiger partial charge is 0.378 e. The fraction of sp³-hybridized carbons (Fsp3) is 0.406. The molecular formula is C32H35N5O5S2. The lowest BCUT2D eigenvalue weighted by molar-refractivity contribution is -0.130. The van der Waals surface area contributed by atoms with E-state index in [0.717, 1.165) is 62.5 Å². The van der Waals surface area contributed by atoms with Gasteiger partial charge in [0.2, 0.25) is 0 Å². The third kappa shape index (κ3) is 5.49. The lowest BCUT2D eigenvalue weighted by atomic mass is 9.79. The van der Waals surface area contributed by atoms with Crippen molar-refractivity contribution in [3.05, 3.63) is 65.2 Å². The van der Waals surface area contributed by atoms with Crippen molar-refractivity contribution in [1.29, 1.82) is 0 Å². The predicted octanol–water partition coefficient (Wildman–Crippen LogP) is 5.82. The van der Waals surface area contributed by atoms with Crippen LogP contribution in [0.25, 0.3) is 32.5 Å². The molecule has 12 heteroatoms. The summed E-state index contributed by atoms with van der Waals surface area (Å²) >= 11 is 1.67. The maximum Gasteiger partial charge on any atom is 0.296 e. The van der Waals surface area contributed by atoms with Crippen LogP contribution >= 0.6 is 11.3 Å². The highest BCUT2D eigenvalue weighted by atomic mass is 32.2. The number of nitrogens with one attached hydrogen (secondary N) is 1. The van der Waals surface area contributed by atoms with Gasteiger partial charge in [-0.3, -0.25) is 9.28 Å². The van der Waals surface area contributed by atoms with Crippen LogP contribution in [-0.2, 0) is 29.4 Å². The Morgan fingerprint density at radius 1 is 1.07 bits per heavy atom. The number of thiophene rings is 1. The van der Waals surface area contributed by atoms with Crippen molar-refractivity contribution in [2.45, 2.75) is 44.1 Å². The molecule has 5 aromatic rings. The van der Waals surface area contributed by atoms with Gasteiger partial charge < -0.3 is 14.4 Å². The van der Waals surface area contributed by atoms with Gasteiger partial charge in [0.25, 0.3) is 10.1 Å². The Balaban J connectivity index is 1.16. The van der Waals surface area contributed by atoms with Gasteiger partial charge in [0.15, 0.2) is 11.6 Å². The summed E-state index contributed by atoms with van der Waals surface area (Å²) in [5.74, 6) is 1.56. The molecule has 5 heterocycles. The van der Waals surface area contributed by atoms with Crippen LogP contribution in [0.5, 0.6) is 0 Å². The summed E-state index contributed by atoms with van der Waals surface area (Å²) in [6.07, 6.45) is 3.28. The summed E-state index contributed by atoms with van der Waals surface area (Å²) in [5.41, 5.74) is 2.75. The molecule has 230 valence electrons. The fourth-order valence-corrected chi connectivity index (χ4v) is 8.06. The number of hydrogen-bond donors (Lipinski definition) is 1. The Hall–Kier alpha value is -3.42. The molecule has 2 unspecified atom stereocenters. The van der Waals surface area contributed by atoms with Crippen molar-refractivity contribution in [3.8, 4) is 11.4 Å². The first-order valence-corrected chi connectivity index (χ1v) is 17.0. The molecule has 0 spiro atoms. The highest BCUT2D eigenvalue weighted by Gasteiger charge is 2.42. The second kappa shape index (κ2) is 11.2. The summed E-state index contributed by atoms with van der Waals surface area (Å²) in [6, 6.07) is 14.8. The number of aryl methyl sites for hydroxylation is 1. The van der Waals surface area contributed by atoms with Gasteiger partial charge in [-0.05, 0) is 51.0 Å². The van der Waals surface area contributed by atoms with Gasteiger partial charge in [-0.1, -0.05) is 36.8 Å². The number of fused-ring (bicyclic) bond motifs is 2. The van der Waals surface area contributed by atoms with E-state index in [-0.39, 0.29) is 11.5 Å². The minimum absolute atomic E-state index is 0.0568. The van der Waals surface area contributed by atoms with Gasteiger partial charge in [-0.25, -0.2) is 9.97 Å². The van der Waals surface area contributed by atoms with E-state index in [0.29, 0.717) is 32.1 Å². The van der Waals surface area contributed by atoms with Crippen molar-refractivity contribution < 1.29 is 22.1 Å². The Morgan fingerprint density at radius 3 is 2.61 bits per heavy atom. The fourth-order valence-electron chi connectivity index (χ4n) is 5.77. The van der Waals surface area contributed by atoms with Crippen molar-refractivity contribution in [2.75, 3.05) is 44.4 Å². The number of hydrogen-bond acceptors (Lipinski definition) is 10. The lowest BCUT2D eigenvalue weighted by Gasteiger charge is -2.42. The number of ether oxygens (including phenoxy) is 2. The summed E-state index contributed by atoms with van der Waals surface area (Å²) in [5, 5.41) is 8.25. The van der Waals surface area contributed by atoms with Crippen LogP contribution < -0.4 is 4.90 Å². The van der Waals surface area contributed by atoms with Gasteiger partial charge >= 0.3 is 0 Å². The topological polar surface area (TPSA) is 120 Å². The summed E-state index contributed by atoms with van der Waals surface area (Å²) in [4.78, 5) is 13.7. The number of aromatic nitrogens is 4. The van der Waals surface area contributed by atoms with Crippen LogP contribution in [0.2, 0.25) is 0 Å². The van der Waals surface area contributed by atoms with E-state index < -0.39 is 21.1 Å². The maximum atomic E-state index is 12.8. The van der Waals surface area contributed by atoms with Crippen molar-refractivity contribution in [3.63, 3.8) is 0 Å². The zero-order valence-corrected chi connectivity index (χ0v) is 26.6. The van der Waals surface area contributed by atoms with Crippen molar-refractivity contribution >= 4 is 48.4 Å². The number of morpholine rings is 1. The molecule has 10 nitrogen and oxygen atoms in total. The number of anilines is 1. The normalized spacial score (nSPS) is 23.0. The minimum atomic E-state index is -3.85. The van der Waals surface area contributed by atoms with E-state index in [1.807, 2.05) is 38.2 Å². The molecule has 7 rings (SSSR count). The van der Waals surface area contributed by atoms with Crippen LogP contribution in [0, 0.1) is 12.3 Å². The molecule has 2 fully saturated rings. The molecule has 0 aliphatic carbocycles. The van der Waals surface area contributed by atoms with E-state index in [1.165, 1.54) is 0 Å². The van der Waals surface area contributed by atoms with Crippen LogP contribution in [0.4, 0.5) is 5.82 Å². The third-order valence-electron chi connectivity index (χ3n) is 8.73. The van der Waals surface area contributed by atoms with Gasteiger partial charge in [0.1, 0.15) is 0 Å². The first-order valence-electron chi connectivity index (χ1n) is 14.8. The molecule has 1 N–H and O–H groups in total. The van der Waals surface area contributed by atoms with Gasteiger partial charge in [-0.15, -0.1) is 11.3 Å². The molecule has 2 atom stereocenters. The third-order valence-corrected chi connectivity index (χ3v) is 11.4. The average molecular weight is 634 g/mol. The van der Waals surface area contributed by atoms with Crippen LogP contribution in [0.1, 0.15) is 37.1 Å². The molecule has 2 aliphatic rings. The van der Waals surface area contributed by atoms with Gasteiger partial charge in [0, 0.05) is 34.3 Å². The highest BCUT2D eigenvalue weighted by molar-refractivity contribution is 7.86. The van der Waals surface area contributed by atoms with E-state index in [4.69, 9.17) is 23.6 Å².